The highest BCUT2D eigenvalue weighted by Crippen LogP contribution is 2.26. The normalized spacial score (nSPS) is 15.9. The van der Waals surface area contributed by atoms with Gasteiger partial charge in [0, 0.05) is 37.3 Å². The van der Waals surface area contributed by atoms with Gasteiger partial charge in [-0.25, -0.2) is 4.39 Å². The van der Waals surface area contributed by atoms with E-state index in [0.29, 0.717) is 12.1 Å². The van der Waals surface area contributed by atoms with Gasteiger partial charge in [0.25, 0.3) is 5.91 Å². The first-order valence-electron chi connectivity index (χ1n) is 10.1. The zero-order valence-electron chi connectivity index (χ0n) is 17.2. The minimum absolute atomic E-state index is 0.0712. The van der Waals surface area contributed by atoms with Crippen LogP contribution in [0.1, 0.15) is 34.8 Å². The van der Waals surface area contributed by atoms with Gasteiger partial charge >= 0.3 is 0 Å². The van der Waals surface area contributed by atoms with Gasteiger partial charge < -0.3 is 15.5 Å². The fourth-order valence-electron chi connectivity index (χ4n) is 3.42. The Morgan fingerprint density at radius 2 is 1.90 bits per heavy atom. The number of hydrogen-bond donors (Lipinski definition) is 2. The number of nitrogens with one attached hydrogen (secondary N) is 2. The Hall–Kier alpha value is -3.22. The summed E-state index contributed by atoms with van der Waals surface area (Å²) in [4.78, 5) is 38.5. The Morgan fingerprint density at radius 1 is 1.13 bits per heavy atom. The molecule has 0 bridgehead atoms. The number of rotatable bonds is 7. The first-order chi connectivity index (χ1) is 14.4. The standard InChI is InChI=1S/C23H26FN3O3/c1-3-16-5-4-6-19(11-16)27-14-18(13-21(27)28)23(30)26-10-9-25-22(29)17-8-7-15(2)20(24)12-17/h4-8,11-12,18H,3,9-10,13-14H2,1-2H3,(H,25,29)(H,26,30). The van der Waals surface area contributed by atoms with E-state index in [1.807, 2.05) is 24.3 Å². The lowest BCUT2D eigenvalue weighted by atomic mass is 10.1. The molecule has 2 aromatic rings. The van der Waals surface area contributed by atoms with Crippen LogP contribution in [0.25, 0.3) is 0 Å². The van der Waals surface area contributed by atoms with Crippen molar-refractivity contribution in [2.24, 2.45) is 5.92 Å². The predicted molar refractivity (Wildman–Crippen MR) is 113 cm³/mol. The van der Waals surface area contributed by atoms with Gasteiger partial charge in [-0.3, -0.25) is 14.4 Å². The minimum Gasteiger partial charge on any atom is -0.354 e. The lowest BCUT2D eigenvalue weighted by molar-refractivity contribution is -0.126. The van der Waals surface area contributed by atoms with Gasteiger partial charge in [0.2, 0.25) is 11.8 Å². The van der Waals surface area contributed by atoms with Crippen LogP contribution in [0.3, 0.4) is 0 Å². The fraction of sp³-hybridized carbons (Fsp3) is 0.348. The molecule has 3 rings (SSSR count). The zero-order valence-corrected chi connectivity index (χ0v) is 17.2. The number of benzene rings is 2. The molecule has 1 aliphatic heterocycles. The molecule has 0 saturated carbocycles. The molecule has 158 valence electrons. The molecule has 0 aliphatic carbocycles. The van der Waals surface area contributed by atoms with E-state index >= 15 is 0 Å². The first kappa shape index (κ1) is 21.5. The molecule has 2 N–H and O–H groups in total. The molecule has 1 heterocycles. The summed E-state index contributed by atoms with van der Waals surface area (Å²) in [7, 11) is 0. The average molecular weight is 411 g/mol. The van der Waals surface area contributed by atoms with E-state index in [-0.39, 0.29) is 36.9 Å². The van der Waals surface area contributed by atoms with Crippen LogP contribution in [0.15, 0.2) is 42.5 Å². The summed E-state index contributed by atoms with van der Waals surface area (Å²) in [5.74, 6) is -1.55. The largest absolute Gasteiger partial charge is 0.354 e. The van der Waals surface area contributed by atoms with E-state index in [9.17, 15) is 18.8 Å². The van der Waals surface area contributed by atoms with Crippen molar-refractivity contribution in [2.75, 3.05) is 24.5 Å². The second-order valence-corrected chi connectivity index (χ2v) is 7.44. The fourth-order valence-corrected chi connectivity index (χ4v) is 3.42. The average Bonchev–Trinajstić information content (AvgIpc) is 3.14. The maximum Gasteiger partial charge on any atom is 0.251 e. The molecule has 3 amide bonds. The van der Waals surface area contributed by atoms with Crippen LogP contribution in [0.2, 0.25) is 0 Å². The number of halogens is 1. The van der Waals surface area contributed by atoms with Crippen molar-refractivity contribution in [1.82, 2.24) is 10.6 Å². The number of amides is 3. The SMILES string of the molecule is CCc1cccc(N2CC(C(=O)NCCNC(=O)c3ccc(C)c(F)c3)CC2=O)c1. The maximum atomic E-state index is 13.6. The summed E-state index contributed by atoms with van der Waals surface area (Å²) < 4.78 is 13.6. The maximum absolute atomic E-state index is 13.6. The molecule has 1 atom stereocenters. The molecule has 30 heavy (non-hydrogen) atoms. The van der Waals surface area contributed by atoms with E-state index in [1.54, 1.807) is 24.0 Å². The van der Waals surface area contributed by atoms with E-state index in [0.717, 1.165) is 17.7 Å². The Labute approximate surface area is 175 Å². The monoisotopic (exact) mass is 411 g/mol. The molecule has 0 radical (unpaired) electrons. The van der Waals surface area contributed by atoms with Crippen molar-refractivity contribution in [3.8, 4) is 0 Å². The lowest BCUT2D eigenvalue weighted by Gasteiger charge is -2.17. The molecule has 1 aliphatic rings. The number of aryl methyl sites for hydroxylation is 2. The van der Waals surface area contributed by atoms with Crippen LogP contribution in [0.5, 0.6) is 0 Å². The van der Waals surface area contributed by atoms with Gasteiger partial charge in [-0.15, -0.1) is 0 Å². The minimum atomic E-state index is -0.434. The summed E-state index contributed by atoms with van der Waals surface area (Å²) in [5.41, 5.74) is 2.65. The molecule has 1 fully saturated rings. The van der Waals surface area contributed by atoms with Crippen molar-refractivity contribution in [2.45, 2.75) is 26.7 Å². The number of carbonyl (C=O) groups is 3. The summed E-state index contributed by atoms with van der Waals surface area (Å²) in [5, 5.41) is 5.41. The topological polar surface area (TPSA) is 78.5 Å². The van der Waals surface area contributed by atoms with Crippen molar-refractivity contribution in [3.05, 3.63) is 65.0 Å². The Balaban J connectivity index is 1.46. The van der Waals surface area contributed by atoms with Gasteiger partial charge in [0.15, 0.2) is 0 Å². The highest BCUT2D eigenvalue weighted by atomic mass is 19.1. The Morgan fingerprint density at radius 3 is 2.63 bits per heavy atom. The van der Waals surface area contributed by atoms with Gasteiger partial charge in [-0.1, -0.05) is 25.1 Å². The lowest BCUT2D eigenvalue weighted by Crippen LogP contribution is -2.38. The van der Waals surface area contributed by atoms with Crippen molar-refractivity contribution in [1.29, 1.82) is 0 Å². The van der Waals surface area contributed by atoms with Crippen LogP contribution in [-0.4, -0.2) is 37.4 Å². The summed E-state index contributed by atoms with van der Waals surface area (Å²) in [6.45, 7) is 4.46. The van der Waals surface area contributed by atoms with Crippen molar-refractivity contribution in [3.63, 3.8) is 0 Å². The van der Waals surface area contributed by atoms with Gasteiger partial charge in [0.1, 0.15) is 5.82 Å². The molecule has 6 nitrogen and oxygen atoms in total. The molecular formula is C23H26FN3O3. The Bertz CT molecular complexity index is 960. The summed E-state index contributed by atoms with van der Waals surface area (Å²) >= 11 is 0. The summed E-state index contributed by atoms with van der Waals surface area (Å²) in [6.07, 6.45) is 1.04. The van der Waals surface area contributed by atoms with E-state index in [4.69, 9.17) is 0 Å². The second-order valence-electron chi connectivity index (χ2n) is 7.44. The first-order valence-corrected chi connectivity index (χ1v) is 10.1. The number of carbonyl (C=O) groups excluding carboxylic acids is 3. The van der Waals surface area contributed by atoms with E-state index in [2.05, 4.69) is 17.6 Å². The zero-order chi connectivity index (χ0) is 21.7. The van der Waals surface area contributed by atoms with Gasteiger partial charge in [-0.05, 0) is 48.7 Å². The van der Waals surface area contributed by atoms with Crippen LogP contribution in [-0.2, 0) is 16.0 Å². The molecule has 0 spiro atoms. The van der Waals surface area contributed by atoms with Gasteiger partial charge in [-0.2, -0.15) is 0 Å². The summed E-state index contributed by atoms with van der Waals surface area (Å²) in [6, 6.07) is 12.1. The number of nitrogens with zero attached hydrogens (tertiary/aromatic N) is 1. The molecule has 2 aromatic carbocycles. The van der Waals surface area contributed by atoms with E-state index in [1.165, 1.54) is 6.07 Å². The third kappa shape index (κ3) is 5.03. The predicted octanol–water partition coefficient (Wildman–Crippen LogP) is 2.60. The number of anilines is 1. The van der Waals surface area contributed by atoms with Crippen LogP contribution in [0, 0.1) is 18.7 Å². The highest BCUT2D eigenvalue weighted by molar-refractivity contribution is 6.00. The smallest absolute Gasteiger partial charge is 0.251 e. The second kappa shape index (κ2) is 9.52. The Kier molecular flexibility index (Phi) is 6.82. The van der Waals surface area contributed by atoms with Gasteiger partial charge in [0.05, 0.1) is 5.92 Å². The third-order valence-electron chi connectivity index (χ3n) is 5.27. The third-order valence-corrected chi connectivity index (χ3v) is 5.27. The highest BCUT2D eigenvalue weighted by Gasteiger charge is 2.35. The van der Waals surface area contributed by atoms with Crippen LogP contribution >= 0.6 is 0 Å². The molecular weight excluding hydrogens is 385 g/mol. The molecule has 7 heteroatoms. The molecule has 0 aromatic heterocycles. The van der Waals surface area contributed by atoms with Crippen molar-refractivity contribution >= 4 is 23.4 Å². The molecule has 1 unspecified atom stereocenters. The van der Waals surface area contributed by atoms with Crippen LogP contribution in [0.4, 0.5) is 10.1 Å². The molecule has 1 saturated heterocycles. The van der Waals surface area contributed by atoms with Crippen LogP contribution < -0.4 is 15.5 Å². The quantitative estimate of drug-likeness (QED) is 0.688. The van der Waals surface area contributed by atoms with Crippen molar-refractivity contribution < 1.29 is 18.8 Å². The number of hydrogen-bond acceptors (Lipinski definition) is 3. The van der Waals surface area contributed by atoms with E-state index < -0.39 is 17.6 Å².